The third-order valence-corrected chi connectivity index (χ3v) is 3.89. The maximum atomic E-state index is 14.1. The molecule has 90 valence electrons. The average molecular weight is 314 g/mol. The van der Waals surface area contributed by atoms with Crippen molar-refractivity contribution in [1.29, 1.82) is 0 Å². The standard InChI is InChI=1S/C13H13BrFNS/c1-2-16-13(9-6-7-17-8-9)10-4-3-5-11(14)12(10)15/h3-8,13,16H,2H2,1H3. The van der Waals surface area contributed by atoms with Gasteiger partial charge in [0.25, 0.3) is 0 Å². The molecule has 1 N–H and O–H groups in total. The zero-order valence-corrected chi connectivity index (χ0v) is 11.8. The highest BCUT2D eigenvalue weighted by atomic mass is 79.9. The smallest absolute Gasteiger partial charge is 0.142 e. The molecule has 1 aromatic carbocycles. The summed E-state index contributed by atoms with van der Waals surface area (Å²) in [6, 6.07) is 7.35. The van der Waals surface area contributed by atoms with Crippen LogP contribution in [-0.2, 0) is 0 Å². The molecule has 0 aliphatic rings. The van der Waals surface area contributed by atoms with Crippen LogP contribution in [-0.4, -0.2) is 6.54 Å². The Balaban J connectivity index is 2.43. The summed E-state index contributed by atoms with van der Waals surface area (Å²) in [4.78, 5) is 0. The van der Waals surface area contributed by atoms with Gasteiger partial charge in [0.1, 0.15) is 5.82 Å². The fraction of sp³-hybridized carbons (Fsp3) is 0.231. The van der Waals surface area contributed by atoms with E-state index in [4.69, 9.17) is 0 Å². The van der Waals surface area contributed by atoms with E-state index in [1.807, 2.05) is 35.9 Å². The summed E-state index contributed by atoms with van der Waals surface area (Å²) in [5.74, 6) is -0.190. The summed E-state index contributed by atoms with van der Waals surface area (Å²) in [6.07, 6.45) is 0. The minimum absolute atomic E-state index is 0.0799. The van der Waals surface area contributed by atoms with Crippen LogP contribution >= 0.6 is 27.3 Å². The number of benzene rings is 1. The normalized spacial score (nSPS) is 12.6. The molecule has 1 unspecified atom stereocenters. The van der Waals surface area contributed by atoms with E-state index in [-0.39, 0.29) is 11.9 Å². The van der Waals surface area contributed by atoms with Gasteiger partial charge >= 0.3 is 0 Å². The fourth-order valence-electron chi connectivity index (χ4n) is 1.79. The second-order valence-electron chi connectivity index (χ2n) is 3.69. The largest absolute Gasteiger partial charge is 0.306 e. The molecule has 0 fully saturated rings. The molecule has 0 aliphatic heterocycles. The SMILES string of the molecule is CCNC(c1ccsc1)c1cccc(Br)c1F. The third-order valence-electron chi connectivity index (χ3n) is 2.58. The van der Waals surface area contributed by atoms with Crippen LogP contribution in [0.15, 0.2) is 39.5 Å². The molecule has 1 nitrogen and oxygen atoms in total. The summed E-state index contributed by atoms with van der Waals surface area (Å²) >= 11 is 4.85. The number of thiophene rings is 1. The Morgan fingerprint density at radius 1 is 1.41 bits per heavy atom. The van der Waals surface area contributed by atoms with Gasteiger partial charge in [-0.3, -0.25) is 0 Å². The van der Waals surface area contributed by atoms with Crippen molar-refractivity contribution in [3.63, 3.8) is 0 Å². The summed E-state index contributed by atoms with van der Waals surface area (Å²) in [5.41, 5.74) is 1.79. The van der Waals surface area contributed by atoms with Crippen LogP contribution in [0, 0.1) is 5.82 Å². The minimum Gasteiger partial charge on any atom is -0.306 e. The number of hydrogen-bond acceptors (Lipinski definition) is 2. The van der Waals surface area contributed by atoms with Crippen molar-refractivity contribution in [3.8, 4) is 0 Å². The Kier molecular flexibility index (Phi) is 4.31. The molecule has 0 spiro atoms. The van der Waals surface area contributed by atoms with Crippen molar-refractivity contribution in [2.75, 3.05) is 6.54 Å². The summed E-state index contributed by atoms with van der Waals surface area (Å²) in [6.45, 7) is 2.82. The first-order chi connectivity index (χ1) is 8.24. The molecule has 0 radical (unpaired) electrons. The molecule has 0 amide bonds. The van der Waals surface area contributed by atoms with Gasteiger partial charge in [0, 0.05) is 5.56 Å². The van der Waals surface area contributed by atoms with Crippen LogP contribution in [0.2, 0.25) is 0 Å². The van der Waals surface area contributed by atoms with Crippen molar-refractivity contribution < 1.29 is 4.39 Å². The van der Waals surface area contributed by atoms with Gasteiger partial charge in [-0.15, -0.1) is 0 Å². The predicted octanol–water partition coefficient (Wildman–Crippen LogP) is 4.35. The topological polar surface area (TPSA) is 12.0 Å². The van der Waals surface area contributed by atoms with Gasteiger partial charge < -0.3 is 5.32 Å². The highest BCUT2D eigenvalue weighted by molar-refractivity contribution is 9.10. The molecule has 1 heterocycles. The number of rotatable bonds is 4. The van der Waals surface area contributed by atoms with Gasteiger partial charge in [0.05, 0.1) is 10.5 Å². The van der Waals surface area contributed by atoms with E-state index in [2.05, 4.69) is 21.2 Å². The molecule has 4 heteroatoms. The summed E-state index contributed by atoms with van der Waals surface area (Å²) < 4.78 is 14.6. The lowest BCUT2D eigenvalue weighted by molar-refractivity contribution is 0.555. The predicted molar refractivity (Wildman–Crippen MR) is 73.9 cm³/mol. The van der Waals surface area contributed by atoms with E-state index in [9.17, 15) is 4.39 Å². The number of halogens is 2. The molecule has 0 aliphatic carbocycles. The Morgan fingerprint density at radius 3 is 2.88 bits per heavy atom. The number of nitrogens with one attached hydrogen (secondary N) is 1. The molecule has 0 bridgehead atoms. The summed E-state index contributed by atoms with van der Waals surface area (Å²) in [5, 5.41) is 7.37. The van der Waals surface area contributed by atoms with E-state index < -0.39 is 0 Å². The van der Waals surface area contributed by atoms with Crippen LogP contribution in [0.1, 0.15) is 24.1 Å². The molecule has 2 rings (SSSR count). The molecule has 0 saturated carbocycles. The Hall–Kier alpha value is -0.710. The quantitative estimate of drug-likeness (QED) is 0.885. The van der Waals surface area contributed by atoms with Gasteiger partial charge in [-0.25, -0.2) is 4.39 Å². The van der Waals surface area contributed by atoms with E-state index in [0.717, 1.165) is 12.1 Å². The van der Waals surface area contributed by atoms with E-state index in [1.165, 1.54) is 0 Å². The zero-order valence-electron chi connectivity index (χ0n) is 9.41. The summed E-state index contributed by atoms with van der Waals surface area (Å²) in [7, 11) is 0. The Bertz CT molecular complexity index is 484. The van der Waals surface area contributed by atoms with Crippen molar-refractivity contribution in [2.24, 2.45) is 0 Å². The van der Waals surface area contributed by atoms with Crippen LogP contribution in [0.4, 0.5) is 4.39 Å². The lowest BCUT2D eigenvalue weighted by Crippen LogP contribution is -2.22. The number of hydrogen-bond donors (Lipinski definition) is 1. The molecule has 1 aromatic heterocycles. The first kappa shape index (κ1) is 12.7. The van der Waals surface area contributed by atoms with Crippen molar-refractivity contribution >= 4 is 27.3 Å². The maximum Gasteiger partial charge on any atom is 0.142 e. The highest BCUT2D eigenvalue weighted by Crippen LogP contribution is 2.29. The molecule has 0 saturated heterocycles. The lowest BCUT2D eigenvalue weighted by atomic mass is 10.0. The van der Waals surface area contributed by atoms with Gasteiger partial charge in [-0.2, -0.15) is 11.3 Å². The van der Waals surface area contributed by atoms with Crippen LogP contribution in [0.25, 0.3) is 0 Å². The molecular weight excluding hydrogens is 301 g/mol. The van der Waals surface area contributed by atoms with Gasteiger partial charge in [0.15, 0.2) is 0 Å². The average Bonchev–Trinajstić information content (AvgIpc) is 2.84. The second-order valence-corrected chi connectivity index (χ2v) is 5.32. The molecular formula is C13H13BrFNS. The van der Waals surface area contributed by atoms with Gasteiger partial charge in [0.2, 0.25) is 0 Å². The molecule has 2 aromatic rings. The molecule has 17 heavy (non-hydrogen) atoms. The van der Waals surface area contributed by atoms with Gasteiger partial charge in [-0.05, 0) is 50.9 Å². The lowest BCUT2D eigenvalue weighted by Gasteiger charge is -2.18. The van der Waals surface area contributed by atoms with Crippen molar-refractivity contribution in [3.05, 3.63) is 56.4 Å². The first-order valence-electron chi connectivity index (χ1n) is 5.43. The zero-order chi connectivity index (χ0) is 12.3. The van der Waals surface area contributed by atoms with Crippen LogP contribution in [0.5, 0.6) is 0 Å². The van der Waals surface area contributed by atoms with Gasteiger partial charge in [-0.1, -0.05) is 19.1 Å². The van der Waals surface area contributed by atoms with E-state index in [0.29, 0.717) is 10.0 Å². The monoisotopic (exact) mass is 313 g/mol. The molecule has 1 atom stereocenters. The fourth-order valence-corrected chi connectivity index (χ4v) is 2.86. The van der Waals surface area contributed by atoms with E-state index >= 15 is 0 Å². The van der Waals surface area contributed by atoms with Crippen molar-refractivity contribution in [1.82, 2.24) is 5.32 Å². The maximum absolute atomic E-state index is 14.1. The Morgan fingerprint density at radius 2 is 2.24 bits per heavy atom. The van der Waals surface area contributed by atoms with E-state index in [1.54, 1.807) is 17.4 Å². The Labute approximate surface area is 113 Å². The third kappa shape index (κ3) is 2.76. The second kappa shape index (κ2) is 5.76. The van der Waals surface area contributed by atoms with Crippen molar-refractivity contribution in [2.45, 2.75) is 13.0 Å². The van der Waals surface area contributed by atoms with Crippen LogP contribution < -0.4 is 5.32 Å². The first-order valence-corrected chi connectivity index (χ1v) is 7.17. The van der Waals surface area contributed by atoms with Crippen LogP contribution in [0.3, 0.4) is 0 Å². The minimum atomic E-state index is -0.190. The highest BCUT2D eigenvalue weighted by Gasteiger charge is 2.18.